The van der Waals surface area contributed by atoms with E-state index in [1.54, 1.807) is 14.2 Å². The van der Waals surface area contributed by atoms with Crippen LogP contribution in [0.25, 0.3) is 0 Å². The van der Waals surface area contributed by atoms with Gasteiger partial charge in [0, 0.05) is 18.7 Å². The first kappa shape index (κ1) is 19.2. The third-order valence-electron chi connectivity index (χ3n) is 5.07. The van der Waals surface area contributed by atoms with E-state index < -0.39 is 0 Å². The van der Waals surface area contributed by atoms with Crippen molar-refractivity contribution in [2.75, 3.05) is 34.4 Å². The van der Waals surface area contributed by atoms with Gasteiger partial charge < -0.3 is 14.4 Å². The second kappa shape index (κ2) is 8.91. The van der Waals surface area contributed by atoms with E-state index in [4.69, 9.17) is 9.47 Å². The Morgan fingerprint density at radius 1 is 1.15 bits per heavy atom. The lowest BCUT2D eigenvalue weighted by molar-refractivity contribution is -0.133. The Kier molecular flexibility index (Phi) is 6.35. The van der Waals surface area contributed by atoms with Gasteiger partial charge in [-0.1, -0.05) is 30.3 Å². The zero-order chi connectivity index (χ0) is 19.2. The summed E-state index contributed by atoms with van der Waals surface area (Å²) < 4.78 is 10.9. The van der Waals surface area contributed by atoms with Gasteiger partial charge in [-0.05, 0) is 43.7 Å². The average Bonchev–Trinajstić information content (AvgIpc) is 3.18. The number of likely N-dealkylation sites (N-methyl/N-ethyl adjacent to an activating group) is 1. The highest BCUT2D eigenvalue weighted by Crippen LogP contribution is 2.38. The van der Waals surface area contributed by atoms with Crippen LogP contribution in [0.5, 0.6) is 11.5 Å². The van der Waals surface area contributed by atoms with Crippen molar-refractivity contribution in [1.29, 1.82) is 0 Å². The van der Waals surface area contributed by atoms with E-state index in [0.717, 1.165) is 43.0 Å². The molecule has 1 atom stereocenters. The van der Waals surface area contributed by atoms with Crippen molar-refractivity contribution >= 4 is 5.91 Å². The van der Waals surface area contributed by atoms with Gasteiger partial charge in [0.2, 0.25) is 5.91 Å². The van der Waals surface area contributed by atoms with Gasteiger partial charge in [-0.2, -0.15) is 0 Å². The molecule has 1 saturated heterocycles. The third-order valence-corrected chi connectivity index (χ3v) is 5.07. The number of carbonyl (C=O) groups excluding carboxylic acids is 1. The standard InChI is InChI=1S/C22H28N2O3/c1-23(15-17-8-5-4-6-9-17)16-22(25)24-13-7-10-20(24)19-14-18(26-2)11-12-21(19)27-3/h4-6,8-9,11-12,14,20H,7,10,13,15-16H2,1-3H3. The van der Waals surface area contributed by atoms with Crippen LogP contribution in [0, 0.1) is 0 Å². The number of hydrogen-bond acceptors (Lipinski definition) is 4. The number of rotatable bonds is 7. The van der Waals surface area contributed by atoms with Crippen LogP contribution in [-0.2, 0) is 11.3 Å². The number of amides is 1. The van der Waals surface area contributed by atoms with E-state index in [9.17, 15) is 4.79 Å². The highest BCUT2D eigenvalue weighted by molar-refractivity contribution is 5.79. The molecule has 1 unspecified atom stereocenters. The molecule has 0 N–H and O–H groups in total. The van der Waals surface area contributed by atoms with Crippen molar-refractivity contribution in [3.63, 3.8) is 0 Å². The van der Waals surface area contributed by atoms with Crippen LogP contribution in [0.1, 0.15) is 30.0 Å². The molecule has 0 bridgehead atoms. The first-order valence-corrected chi connectivity index (χ1v) is 9.36. The Bertz CT molecular complexity index is 763. The molecule has 2 aromatic rings. The van der Waals surface area contributed by atoms with Crippen molar-refractivity contribution in [2.24, 2.45) is 0 Å². The number of nitrogens with zero attached hydrogens (tertiary/aromatic N) is 2. The first-order chi connectivity index (χ1) is 13.1. The van der Waals surface area contributed by atoms with E-state index >= 15 is 0 Å². The minimum absolute atomic E-state index is 0.0349. The van der Waals surface area contributed by atoms with Crippen LogP contribution in [0.3, 0.4) is 0 Å². The second-order valence-electron chi connectivity index (χ2n) is 7.01. The third kappa shape index (κ3) is 4.61. The van der Waals surface area contributed by atoms with Gasteiger partial charge in [-0.3, -0.25) is 9.69 Å². The van der Waals surface area contributed by atoms with Crippen LogP contribution in [0.15, 0.2) is 48.5 Å². The molecule has 2 aromatic carbocycles. The Morgan fingerprint density at radius 3 is 2.63 bits per heavy atom. The number of likely N-dealkylation sites (tertiary alicyclic amines) is 1. The molecule has 5 nitrogen and oxygen atoms in total. The highest BCUT2D eigenvalue weighted by atomic mass is 16.5. The van der Waals surface area contributed by atoms with Crippen LogP contribution >= 0.6 is 0 Å². The van der Waals surface area contributed by atoms with Crippen LogP contribution in [0.2, 0.25) is 0 Å². The minimum atomic E-state index is 0.0349. The lowest BCUT2D eigenvalue weighted by Crippen LogP contribution is -2.38. The monoisotopic (exact) mass is 368 g/mol. The quantitative estimate of drug-likeness (QED) is 0.750. The van der Waals surface area contributed by atoms with Gasteiger partial charge in [0.05, 0.1) is 26.8 Å². The molecular formula is C22H28N2O3. The summed E-state index contributed by atoms with van der Waals surface area (Å²) in [6.45, 7) is 1.94. The predicted octanol–water partition coefficient (Wildman–Crippen LogP) is 3.50. The molecule has 5 heteroatoms. The maximum atomic E-state index is 13.0. The second-order valence-corrected chi connectivity index (χ2v) is 7.01. The number of benzene rings is 2. The summed E-state index contributed by atoms with van der Waals surface area (Å²) in [7, 11) is 5.31. The van der Waals surface area contributed by atoms with Gasteiger partial charge in [0.25, 0.3) is 0 Å². The first-order valence-electron chi connectivity index (χ1n) is 9.36. The molecule has 27 heavy (non-hydrogen) atoms. The molecule has 1 fully saturated rings. The van der Waals surface area contributed by atoms with E-state index in [2.05, 4.69) is 17.0 Å². The maximum Gasteiger partial charge on any atom is 0.237 e. The summed E-state index contributed by atoms with van der Waals surface area (Å²) in [5.41, 5.74) is 2.23. The van der Waals surface area contributed by atoms with Gasteiger partial charge in [-0.15, -0.1) is 0 Å². The summed E-state index contributed by atoms with van der Waals surface area (Å²) in [6, 6.07) is 16.0. The maximum absolute atomic E-state index is 13.0. The lowest BCUT2D eigenvalue weighted by Gasteiger charge is -2.28. The Balaban J connectivity index is 1.71. The van der Waals surface area contributed by atoms with Gasteiger partial charge in [-0.25, -0.2) is 0 Å². The van der Waals surface area contributed by atoms with Gasteiger partial charge in [0.1, 0.15) is 11.5 Å². The summed E-state index contributed by atoms with van der Waals surface area (Å²) in [4.78, 5) is 17.0. The molecular weight excluding hydrogens is 340 g/mol. The smallest absolute Gasteiger partial charge is 0.237 e. The molecule has 3 rings (SSSR count). The normalized spacial score (nSPS) is 16.6. The summed E-state index contributed by atoms with van der Waals surface area (Å²) in [6.07, 6.45) is 1.94. The summed E-state index contributed by atoms with van der Waals surface area (Å²) in [5, 5.41) is 0. The zero-order valence-corrected chi connectivity index (χ0v) is 16.4. The lowest BCUT2D eigenvalue weighted by atomic mass is 10.0. The van der Waals surface area contributed by atoms with E-state index in [0.29, 0.717) is 6.54 Å². The molecule has 0 saturated carbocycles. The minimum Gasteiger partial charge on any atom is -0.497 e. The average molecular weight is 368 g/mol. The van der Waals surface area contributed by atoms with E-state index in [1.165, 1.54) is 5.56 Å². The SMILES string of the molecule is COc1ccc(OC)c(C2CCCN2C(=O)CN(C)Cc2ccccc2)c1. The molecule has 0 spiro atoms. The fourth-order valence-corrected chi connectivity index (χ4v) is 3.76. The van der Waals surface area contributed by atoms with Crippen molar-refractivity contribution in [2.45, 2.75) is 25.4 Å². The van der Waals surface area contributed by atoms with Crippen molar-refractivity contribution in [3.05, 3.63) is 59.7 Å². The van der Waals surface area contributed by atoms with Gasteiger partial charge >= 0.3 is 0 Å². The summed E-state index contributed by atoms with van der Waals surface area (Å²) >= 11 is 0. The number of hydrogen-bond donors (Lipinski definition) is 0. The molecule has 1 heterocycles. The molecule has 0 radical (unpaired) electrons. The number of methoxy groups -OCH3 is 2. The molecule has 0 aromatic heterocycles. The number of ether oxygens (including phenoxy) is 2. The fourth-order valence-electron chi connectivity index (χ4n) is 3.76. The Hall–Kier alpha value is -2.53. The van der Waals surface area contributed by atoms with Crippen LogP contribution < -0.4 is 9.47 Å². The molecule has 1 aliphatic rings. The molecule has 144 valence electrons. The highest BCUT2D eigenvalue weighted by Gasteiger charge is 2.32. The van der Waals surface area contributed by atoms with Crippen molar-refractivity contribution in [3.8, 4) is 11.5 Å². The van der Waals surface area contributed by atoms with Gasteiger partial charge in [0.15, 0.2) is 0 Å². The van der Waals surface area contributed by atoms with E-state index in [1.807, 2.05) is 48.3 Å². The molecule has 1 aliphatic heterocycles. The number of carbonyl (C=O) groups is 1. The molecule has 0 aliphatic carbocycles. The topological polar surface area (TPSA) is 42.0 Å². The van der Waals surface area contributed by atoms with Crippen molar-refractivity contribution in [1.82, 2.24) is 9.80 Å². The molecule has 1 amide bonds. The largest absolute Gasteiger partial charge is 0.497 e. The van der Waals surface area contributed by atoms with Crippen molar-refractivity contribution < 1.29 is 14.3 Å². The fraction of sp³-hybridized carbons (Fsp3) is 0.409. The van der Waals surface area contributed by atoms with E-state index in [-0.39, 0.29) is 11.9 Å². The Labute approximate surface area is 161 Å². The van der Waals surface area contributed by atoms with Crippen LogP contribution in [-0.4, -0.2) is 50.1 Å². The Morgan fingerprint density at radius 2 is 1.93 bits per heavy atom. The summed E-state index contributed by atoms with van der Waals surface area (Å²) in [5.74, 6) is 1.74. The predicted molar refractivity (Wildman–Crippen MR) is 106 cm³/mol. The zero-order valence-electron chi connectivity index (χ0n) is 16.4. The van der Waals surface area contributed by atoms with Crippen LogP contribution in [0.4, 0.5) is 0 Å².